The molecule has 0 saturated heterocycles. The van der Waals surface area contributed by atoms with E-state index in [-0.39, 0.29) is 17.0 Å². The van der Waals surface area contributed by atoms with E-state index in [9.17, 15) is 9.18 Å². The monoisotopic (exact) mass is 361 g/mol. The van der Waals surface area contributed by atoms with Crippen molar-refractivity contribution in [3.63, 3.8) is 0 Å². The summed E-state index contributed by atoms with van der Waals surface area (Å²) in [6, 6.07) is 8.24. The van der Waals surface area contributed by atoms with E-state index < -0.39 is 0 Å². The lowest BCUT2D eigenvalue weighted by Gasteiger charge is -2.21. The summed E-state index contributed by atoms with van der Waals surface area (Å²) < 4.78 is 14.3. The fourth-order valence-electron chi connectivity index (χ4n) is 2.37. The molecule has 1 unspecified atom stereocenters. The number of hydrogen-bond donors (Lipinski definition) is 0. The molecular formula is C17H16FN3OS2. The highest BCUT2D eigenvalue weighted by molar-refractivity contribution is 8.00. The normalized spacial score (nSPS) is 12.3. The molecule has 0 fully saturated rings. The third-order valence-corrected chi connectivity index (χ3v) is 5.66. The number of fused-ring (bicyclic) bond motifs is 1. The van der Waals surface area contributed by atoms with Gasteiger partial charge in [0.1, 0.15) is 17.2 Å². The first kappa shape index (κ1) is 16.9. The predicted molar refractivity (Wildman–Crippen MR) is 95.6 cm³/mol. The molecule has 1 amide bonds. The van der Waals surface area contributed by atoms with Crippen molar-refractivity contribution in [2.24, 2.45) is 0 Å². The summed E-state index contributed by atoms with van der Waals surface area (Å²) in [5.74, 6) is -0.315. The Kier molecular flexibility index (Phi) is 5.11. The molecule has 3 aromatic rings. The van der Waals surface area contributed by atoms with Gasteiger partial charge in [0.05, 0.1) is 15.5 Å². The Morgan fingerprint density at radius 2 is 2.21 bits per heavy atom. The van der Waals surface area contributed by atoms with Gasteiger partial charge >= 0.3 is 0 Å². The number of thiophene rings is 1. The van der Waals surface area contributed by atoms with Crippen LogP contribution in [0.15, 0.2) is 47.1 Å². The van der Waals surface area contributed by atoms with E-state index in [0.717, 1.165) is 20.8 Å². The number of rotatable bonds is 5. The van der Waals surface area contributed by atoms with Gasteiger partial charge in [0.25, 0.3) is 0 Å². The molecule has 0 aliphatic rings. The Labute approximate surface area is 147 Å². The van der Waals surface area contributed by atoms with Gasteiger partial charge in [-0.15, -0.1) is 11.3 Å². The number of carbonyl (C=O) groups excluding carboxylic acids is 1. The summed E-state index contributed by atoms with van der Waals surface area (Å²) >= 11 is 2.99. The van der Waals surface area contributed by atoms with E-state index in [2.05, 4.69) is 9.97 Å². The zero-order valence-electron chi connectivity index (χ0n) is 13.3. The van der Waals surface area contributed by atoms with Gasteiger partial charge in [-0.2, -0.15) is 0 Å². The average Bonchev–Trinajstić information content (AvgIpc) is 3.03. The summed E-state index contributed by atoms with van der Waals surface area (Å²) in [7, 11) is 1.73. The maximum Gasteiger partial charge on any atom is 0.235 e. The molecule has 0 bridgehead atoms. The van der Waals surface area contributed by atoms with Crippen LogP contribution in [-0.2, 0) is 11.3 Å². The molecule has 3 rings (SSSR count). The lowest BCUT2D eigenvalue weighted by Crippen LogP contribution is -2.32. The number of aromatic nitrogens is 2. The van der Waals surface area contributed by atoms with Gasteiger partial charge in [0.2, 0.25) is 5.91 Å². The Balaban J connectivity index is 1.69. The van der Waals surface area contributed by atoms with Gasteiger partial charge in [-0.3, -0.25) is 4.79 Å². The van der Waals surface area contributed by atoms with Gasteiger partial charge < -0.3 is 4.90 Å². The van der Waals surface area contributed by atoms with Crippen LogP contribution in [0, 0.1) is 5.82 Å². The summed E-state index contributed by atoms with van der Waals surface area (Å²) in [6.45, 7) is 2.23. The van der Waals surface area contributed by atoms with Crippen LogP contribution in [0.3, 0.4) is 0 Å². The molecule has 0 spiro atoms. The van der Waals surface area contributed by atoms with Crippen LogP contribution in [0.1, 0.15) is 12.5 Å². The molecule has 7 heteroatoms. The van der Waals surface area contributed by atoms with E-state index in [1.807, 2.05) is 24.4 Å². The molecule has 1 atom stereocenters. The lowest BCUT2D eigenvalue weighted by atomic mass is 10.2. The van der Waals surface area contributed by atoms with Crippen molar-refractivity contribution in [1.29, 1.82) is 0 Å². The zero-order chi connectivity index (χ0) is 17.1. The number of nitrogens with zero attached hydrogens (tertiary/aromatic N) is 3. The highest BCUT2D eigenvalue weighted by atomic mass is 32.2. The SMILES string of the molecule is CC(Sc1ncnc2ccsc12)C(=O)N(C)Cc1cccc(F)c1. The standard InChI is InChI=1S/C17H16FN3OS2/c1-11(24-16-15-14(6-7-23-15)19-10-20-16)17(22)21(2)9-12-4-3-5-13(18)8-12/h3-8,10-11H,9H2,1-2H3. The van der Waals surface area contributed by atoms with Gasteiger partial charge in [-0.25, -0.2) is 14.4 Å². The molecule has 4 nitrogen and oxygen atoms in total. The first-order chi connectivity index (χ1) is 11.5. The molecule has 0 aliphatic heterocycles. The van der Waals surface area contributed by atoms with Crippen LogP contribution in [0.4, 0.5) is 4.39 Å². The molecule has 24 heavy (non-hydrogen) atoms. The van der Waals surface area contributed by atoms with Crippen LogP contribution in [-0.4, -0.2) is 33.1 Å². The molecule has 2 aromatic heterocycles. The van der Waals surface area contributed by atoms with Gasteiger partial charge in [-0.1, -0.05) is 23.9 Å². The topological polar surface area (TPSA) is 46.1 Å². The number of halogens is 1. The van der Waals surface area contributed by atoms with Crippen LogP contribution in [0.2, 0.25) is 0 Å². The Morgan fingerprint density at radius 1 is 1.38 bits per heavy atom. The summed E-state index contributed by atoms with van der Waals surface area (Å²) in [4.78, 5) is 22.7. The smallest absolute Gasteiger partial charge is 0.235 e. The molecule has 0 aliphatic carbocycles. The third kappa shape index (κ3) is 3.73. The molecule has 124 valence electrons. The summed E-state index contributed by atoms with van der Waals surface area (Å²) in [5.41, 5.74) is 1.66. The molecular weight excluding hydrogens is 345 g/mol. The predicted octanol–water partition coefficient (Wildman–Crippen LogP) is 3.97. The van der Waals surface area contributed by atoms with Crippen molar-refractivity contribution in [1.82, 2.24) is 14.9 Å². The highest BCUT2D eigenvalue weighted by Gasteiger charge is 2.21. The first-order valence-corrected chi connectivity index (χ1v) is 9.15. The molecule has 0 N–H and O–H groups in total. The zero-order valence-corrected chi connectivity index (χ0v) is 14.9. The van der Waals surface area contributed by atoms with Crippen LogP contribution < -0.4 is 0 Å². The Morgan fingerprint density at radius 3 is 3.00 bits per heavy atom. The fourth-order valence-corrected chi connectivity index (χ4v) is 4.32. The van der Waals surface area contributed by atoms with Crippen molar-refractivity contribution in [3.05, 3.63) is 53.4 Å². The molecule has 1 aromatic carbocycles. The average molecular weight is 361 g/mol. The first-order valence-electron chi connectivity index (χ1n) is 7.39. The molecule has 2 heterocycles. The van der Waals surface area contributed by atoms with E-state index in [4.69, 9.17) is 0 Å². The van der Waals surface area contributed by atoms with Gasteiger partial charge in [-0.05, 0) is 36.1 Å². The van der Waals surface area contributed by atoms with Crippen LogP contribution >= 0.6 is 23.1 Å². The quantitative estimate of drug-likeness (QED) is 0.510. The van der Waals surface area contributed by atoms with E-state index >= 15 is 0 Å². The van der Waals surface area contributed by atoms with Crippen molar-refractivity contribution >= 4 is 39.2 Å². The van der Waals surface area contributed by atoms with Crippen molar-refractivity contribution in [2.45, 2.75) is 23.7 Å². The van der Waals surface area contributed by atoms with Gasteiger partial charge in [0, 0.05) is 13.6 Å². The Hall–Kier alpha value is -1.99. The number of carbonyl (C=O) groups is 1. The lowest BCUT2D eigenvalue weighted by molar-refractivity contribution is -0.129. The van der Waals surface area contributed by atoms with Gasteiger partial charge in [0.15, 0.2) is 0 Å². The maximum absolute atomic E-state index is 13.3. The minimum absolute atomic E-state index is 0.0208. The number of thioether (sulfide) groups is 1. The number of benzene rings is 1. The third-order valence-electron chi connectivity index (χ3n) is 3.53. The highest BCUT2D eigenvalue weighted by Crippen LogP contribution is 2.31. The summed E-state index contributed by atoms with van der Waals surface area (Å²) in [5, 5.41) is 2.49. The Bertz CT molecular complexity index is 868. The fraction of sp³-hybridized carbons (Fsp3) is 0.235. The molecule has 0 radical (unpaired) electrons. The van der Waals surface area contributed by atoms with Crippen LogP contribution in [0.25, 0.3) is 10.2 Å². The van der Waals surface area contributed by atoms with E-state index in [1.165, 1.54) is 30.2 Å². The van der Waals surface area contributed by atoms with Crippen molar-refractivity contribution < 1.29 is 9.18 Å². The number of amides is 1. The number of hydrogen-bond acceptors (Lipinski definition) is 5. The maximum atomic E-state index is 13.3. The van der Waals surface area contributed by atoms with Crippen molar-refractivity contribution in [2.75, 3.05) is 7.05 Å². The van der Waals surface area contributed by atoms with E-state index in [1.54, 1.807) is 29.4 Å². The van der Waals surface area contributed by atoms with E-state index in [0.29, 0.717) is 6.54 Å². The van der Waals surface area contributed by atoms with Crippen molar-refractivity contribution in [3.8, 4) is 0 Å². The minimum atomic E-state index is -0.295. The largest absolute Gasteiger partial charge is 0.340 e. The summed E-state index contributed by atoms with van der Waals surface area (Å²) in [6.07, 6.45) is 1.52. The second-order valence-corrected chi connectivity index (χ2v) is 7.64. The second-order valence-electron chi connectivity index (χ2n) is 5.40. The minimum Gasteiger partial charge on any atom is -0.340 e. The molecule has 0 saturated carbocycles. The second kappa shape index (κ2) is 7.27. The van der Waals surface area contributed by atoms with Crippen LogP contribution in [0.5, 0.6) is 0 Å².